The summed E-state index contributed by atoms with van der Waals surface area (Å²) in [7, 11) is 1.74. The molecule has 2 atom stereocenters. The zero-order valence-electron chi connectivity index (χ0n) is 12.8. The maximum absolute atomic E-state index is 5.69. The predicted molar refractivity (Wildman–Crippen MR) is 87.6 cm³/mol. The fraction of sp³-hybridized carbons (Fsp3) is 0.333. The molecule has 0 aliphatic rings. The average molecular weight is 284 g/mol. The van der Waals surface area contributed by atoms with E-state index in [0.29, 0.717) is 0 Å². The van der Waals surface area contributed by atoms with E-state index in [1.807, 2.05) is 6.07 Å². The molecule has 0 radical (unpaired) electrons. The lowest BCUT2D eigenvalue weighted by Crippen LogP contribution is -2.28. The first-order valence-electron chi connectivity index (χ1n) is 7.39. The summed E-state index contributed by atoms with van der Waals surface area (Å²) in [5.41, 5.74) is 6.56. The van der Waals surface area contributed by atoms with Crippen LogP contribution in [0.2, 0.25) is 0 Å². The molecule has 0 aliphatic carbocycles. The average Bonchev–Trinajstić information content (AvgIpc) is 2.56. The lowest BCUT2D eigenvalue weighted by molar-refractivity contribution is 0.106. The summed E-state index contributed by atoms with van der Waals surface area (Å²) in [4.78, 5) is 0. The van der Waals surface area contributed by atoms with Crippen molar-refractivity contribution < 1.29 is 4.74 Å². The van der Waals surface area contributed by atoms with Crippen LogP contribution in [-0.4, -0.2) is 13.2 Å². The normalized spacial score (nSPS) is 13.9. The molecular formula is C18H24N2O. The number of hydrogen-bond acceptors (Lipinski definition) is 3. The van der Waals surface area contributed by atoms with Crippen molar-refractivity contribution in [2.45, 2.75) is 31.9 Å². The van der Waals surface area contributed by atoms with Gasteiger partial charge in [-0.05, 0) is 36.5 Å². The molecule has 0 amide bonds. The van der Waals surface area contributed by atoms with E-state index >= 15 is 0 Å². The first kappa shape index (κ1) is 15.7. The van der Waals surface area contributed by atoms with E-state index in [0.717, 1.165) is 12.8 Å². The van der Waals surface area contributed by atoms with Crippen LogP contribution in [0.25, 0.3) is 11.1 Å². The van der Waals surface area contributed by atoms with E-state index in [1.54, 1.807) is 7.11 Å². The van der Waals surface area contributed by atoms with Gasteiger partial charge in [-0.2, -0.15) is 0 Å². The molecule has 0 aromatic heterocycles. The molecule has 0 bridgehead atoms. The van der Waals surface area contributed by atoms with E-state index in [2.05, 4.69) is 60.9 Å². The Balaban J connectivity index is 2.06. The Bertz CT molecular complexity index is 525. The molecule has 2 rings (SSSR count). The number of ether oxygens (including phenoxy) is 1. The van der Waals surface area contributed by atoms with Gasteiger partial charge in [-0.1, -0.05) is 54.6 Å². The second-order valence-electron chi connectivity index (χ2n) is 5.33. The highest BCUT2D eigenvalue weighted by molar-refractivity contribution is 5.63. The third-order valence-corrected chi connectivity index (χ3v) is 3.89. The van der Waals surface area contributed by atoms with E-state index in [4.69, 9.17) is 10.6 Å². The van der Waals surface area contributed by atoms with Crippen molar-refractivity contribution in [3.8, 4) is 11.1 Å². The Hall–Kier alpha value is -1.68. The van der Waals surface area contributed by atoms with Gasteiger partial charge in [-0.25, -0.2) is 0 Å². The number of hydrogen-bond donors (Lipinski definition) is 2. The zero-order valence-corrected chi connectivity index (χ0v) is 12.8. The summed E-state index contributed by atoms with van der Waals surface area (Å²) in [6.07, 6.45) is 2.19. The van der Waals surface area contributed by atoms with Gasteiger partial charge in [-0.15, -0.1) is 0 Å². The van der Waals surface area contributed by atoms with Crippen LogP contribution < -0.4 is 11.3 Å². The van der Waals surface area contributed by atoms with Gasteiger partial charge < -0.3 is 4.74 Å². The van der Waals surface area contributed by atoms with E-state index in [-0.39, 0.29) is 12.1 Å². The van der Waals surface area contributed by atoms with Crippen LogP contribution >= 0.6 is 0 Å². The smallest absolute Gasteiger partial charge is 0.0543 e. The summed E-state index contributed by atoms with van der Waals surface area (Å²) in [5, 5.41) is 0. The molecule has 0 saturated carbocycles. The third kappa shape index (κ3) is 4.39. The zero-order chi connectivity index (χ0) is 15.1. The second-order valence-corrected chi connectivity index (χ2v) is 5.33. The summed E-state index contributed by atoms with van der Waals surface area (Å²) >= 11 is 0. The van der Waals surface area contributed by atoms with Gasteiger partial charge in [-0.3, -0.25) is 11.3 Å². The quantitative estimate of drug-likeness (QED) is 0.602. The Morgan fingerprint density at radius 2 is 1.57 bits per heavy atom. The minimum Gasteiger partial charge on any atom is -0.382 e. The first-order valence-corrected chi connectivity index (χ1v) is 7.39. The minimum atomic E-state index is 0.160. The fourth-order valence-corrected chi connectivity index (χ4v) is 2.40. The number of benzene rings is 2. The Kier molecular flexibility index (Phi) is 5.93. The summed E-state index contributed by atoms with van der Waals surface area (Å²) < 4.78 is 5.29. The van der Waals surface area contributed by atoms with Crippen molar-refractivity contribution >= 4 is 0 Å². The molecule has 3 heteroatoms. The highest BCUT2D eigenvalue weighted by atomic mass is 16.5. The van der Waals surface area contributed by atoms with Crippen molar-refractivity contribution in [1.29, 1.82) is 0 Å². The Labute approximate surface area is 127 Å². The molecule has 2 unspecified atom stereocenters. The molecule has 21 heavy (non-hydrogen) atoms. The number of nitrogens with one attached hydrogen (secondary N) is 1. The van der Waals surface area contributed by atoms with Crippen molar-refractivity contribution in [2.75, 3.05) is 7.11 Å². The molecule has 0 spiro atoms. The van der Waals surface area contributed by atoms with Crippen molar-refractivity contribution in [2.24, 2.45) is 5.84 Å². The van der Waals surface area contributed by atoms with Crippen LogP contribution in [0.1, 0.15) is 31.4 Å². The van der Waals surface area contributed by atoms with Crippen molar-refractivity contribution in [1.82, 2.24) is 5.43 Å². The highest BCUT2D eigenvalue weighted by Crippen LogP contribution is 2.24. The van der Waals surface area contributed by atoms with Gasteiger partial charge >= 0.3 is 0 Å². The van der Waals surface area contributed by atoms with Gasteiger partial charge in [0, 0.05) is 13.2 Å². The van der Waals surface area contributed by atoms with Gasteiger partial charge in [0.25, 0.3) is 0 Å². The molecule has 2 aromatic rings. The maximum Gasteiger partial charge on any atom is 0.0543 e. The molecule has 0 saturated heterocycles. The van der Waals surface area contributed by atoms with Crippen molar-refractivity contribution in [3.05, 3.63) is 60.2 Å². The van der Waals surface area contributed by atoms with Crippen LogP contribution in [0.3, 0.4) is 0 Å². The lowest BCUT2D eigenvalue weighted by Gasteiger charge is -2.18. The summed E-state index contributed by atoms with van der Waals surface area (Å²) in [5.74, 6) is 5.69. The standard InChI is InChI=1S/C18H24N2O/c1-14(21-2)8-13-18(20-19)17-11-9-16(10-12-17)15-6-4-3-5-7-15/h3-7,9-12,14,18,20H,8,13,19H2,1-2H3. The number of methoxy groups -OCH3 is 1. The molecule has 0 heterocycles. The summed E-state index contributed by atoms with van der Waals surface area (Å²) in [6, 6.07) is 19.1. The molecule has 0 fully saturated rings. The second kappa shape index (κ2) is 7.93. The number of rotatable bonds is 7. The maximum atomic E-state index is 5.69. The van der Waals surface area contributed by atoms with Gasteiger partial charge in [0.15, 0.2) is 0 Å². The van der Waals surface area contributed by atoms with Crippen LogP contribution in [0.5, 0.6) is 0 Å². The fourth-order valence-electron chi connectivity index (χ4n) is 2.40. The van der Waals surface area contributed by atoms with Gasteiger partial charge in [0.05, 0.1) is 6.10 Å². The Morgan fingerprint density at radius 1 is 0.952 bits per heavy atom. The van der Waals surface area contributed by atoms with E-state index in [9.17, 15) is 0 Å². The SMILES string of the molecule is COC(C)CCC(NN)c1ccc(-c2ccccc2)cc1. The lowest BCUT2D eigenvalue weighted by atomic mass is 9.98. The third-order valence-electron chi connectivity index (χ3n) is 3.89. The highest BCUT2D eigenvalue weighted by Gasteiger charge is 2.11. The van der Waals surface area contributed by atoms with E-state index in [1.165, 1.54) is 16.7 Å². The Morgan fingerprint density at radius 3 is 2.14 bits per heavy atom. The summed E-state index contributed by atoms with van der Waals surface area (Å²) in [6.45, 7) is 2.08. The topological polar surface area (TPSA) is 47.3 Å². The molecule has 0 aliphatic heterocycles. The molecule has 2 aromatic carbocycles. The van der Waals surface area contributed by atoms with Crippen LogP contribution in [0.15, 0.2) is 54.6 Å². The van der Waals surface area contributed by atoms with Crippen molar-refractivity contribution in [3.63, 3.8) is 0 Å². The largest absolute Gasteiger partial charge is 0.382 e. The van der Waals surface area contributed by atoms with E-state index < -0.39 is 0 Å². The van der Waals surface area contributed by atoms with Gasteiger partial charge in [0.2, 0.25) is 0 Å². The molecule has 112 valence electrons. The van der Waals surface area contributed by atoms with Crippen LogP contribution in [0.4, 0.5) is 0 Å². The van der Waals surface area contributed by atoms with Crippen LogP contribution in [0, 0.1) is 0 Å². The molecular weight excluding hydrogens is 260 g/mol. The number of nitrogens with two attached hydrogens (primary N) is 1. The molecule has 3 nitrogen and oxygen atoms in total. The predicted octanol–water partition coefficient (Wildman–Crippen LogP) is 3.67. The monoisotopic (exact) mass is 284 g/mol. The van der Waals surface area contributed by atoms with Crippen LogP contribution in [-0.2, 0) is 4.74 Å². The number of hydrazine groups is 1. The first-order chi connectivity index (χ1) is 10.2. The van der Waals surface area contributed by atoms with Gasteiger partial charge in [0.1, 0.15) is 0 Å². The molecule has 3 N–H and O–H groups in total. The minimum absolute atomic E-state index is 0.160.